The molecule has 3 heterocycles. The zero-order chi connectivity index (χ0) is 19.3. The molecule has 1 aliphatic heterocycles. The first kappa shape index (κ1) is 18.9. The van der Waals surface area contributed by atoms with Crippen molar-refractivity contribution >= 4 is 5.91 Å². The van der Waals surface area contributed by atoms with E-state index in [4.69, 9.17) is 5.10 Å². The number of aromatic nitrogens is 3. The number of hydrogen-bond acceptors (Lipinski definition) is 4. The van der Waals surface area contributed by atoms with E-state index in [0.29, 0.717) is 18.3 Å². The summed E-state index contributed by atoms with van der Waals surface area (Å²) in [6, 6.07) is 4.43. The van der Waals surface area contributed by atoms with Gasteiger partial charge in [-0.05, 0) is 56.2 Å². The van der Waals surface area contributed by atoms with Crippen LogP contribution in [0.15, 0.2) is 37.2 Å². The molecule has 0 bridgehead atoms. The molecule has 0 aromatic carbocycles. The molecule has 1 saturated heterocycles. The summed E-state index contributed by atoms with van der Waals surface area (Å²) in [4.78, 5) is 19.2. The number of piperidine rings is 1. The van der Waals surface area contributed by atoms with Gasteiger partial charge in [-0.1, -0.05) is 6.08 Å². The molecule has 148 valence electrons. The van der Waals surface area contributed by atoms with Gasteiger partial charge in [-0.3, -0.25) is 14.5 Å². The van der Waals surface area contributed by atoms with Crippen molar-refractivity contribution in [3.05, 3.63) is 59.7 Å². The van der Waals surface area contributed by atoms with Crippen LogP contribution in [0.3, 0.4) is 0 Å². The van der Waals surface area contributed by atoms with Crippen molar-refractivity contribution in [1.29, 1.82) is 0 Å². The predicted molar refractivity (Wildman–Crippen MR) is 109 cm³/mol. The SMILES string of the molecule is C=CCn1nc(C(=O)N2CCCCC2)c2c1CCC(NCc1ccncc1)C2. The first-order valence-electron chi connectivity index (χ1n) is 10.4. The quantitative estimate of drug-likeness (QED) is 0.784. The number of carbonyl (C=O) groups is 1. The highest BCUT2D eigenvalue weighted by atomic mass is 16.2. The van der Waals surface area contributed by atoms with E-state index in [2.05, 4.69) is 16.9 Å². The fraction of sp³-hybridized carbons (Fsp3) is 0.500. The van der Waals surface area contributed by atoms with Crippen LogP contribution >= 0.6 is 0 Å². The Kier molecular flexibility index (Phi) is 5.86. The molecule has 6 heteroatoms. The Labute approximate surface area is 166 Å². The second-order valence-electron chi connectivity index (χ2n) is 7.77. The zero-order valence-corrected chi connectivity index (χ0v) is 16.4. The average molecular weight is 380 g/mol. The minimum atomic E-state index is 0.105. The number of nitrogens with zero attached hydrogens (tertiary/aromatic N) is 4. The molecule has 2 aliphatic rings. The van der Waals surface area contributed by atoms with Gasteiger partial charge in [0.1, 0.15) is 0 Å². The van der Waals surface area contributed by atoms with E-state index < -0.39 is 0 Å². The summed E-state index contributed by atoms with van der Waals surface area (Å²) >= 11 is 0. The topological polar surface area (TPSA) is 63.1 Å². The van der Waals surface area contributed by atoms with Gasteiger partial charge in [0.05, 0.1) is 6.54 Å². The molecule has 2 aromatic rings. The maximum absolute atomic E-state index is 13.2. The zero-order valence-electron chi connectivity index (χ0n) is 16.4. The number of amides is 1. The first-order chi connectivity index (χ1) is 13.8. The van der Waals surface area contributed by atoms with Gasteiger partial charge in [-0.25, -0.2) is 0 Å². The third-order valence-corrected chi connectivity index (χ3v) is 5.84. The van der Waals surface area contributed by atoms with Crippen LogP contribution in [0.4, 0.5) is 0 Å². The highest BCUT2D eigenvalue weighted by molar-refractivity contribution is 5.94. The first-order valence-corrected chi connectivity index (χ1v) is 10.4. The van der Waals surface area contributed by atoms with Gasteiger partial charge < -0.3 is 10.2 Å². The van der Waals surface area contributed by atoms with Crippen LogP contribution in [0.5, 0.6) is 0 Å². The normalized spacial score (nSPS) is 19.3. The van der Waals surface area contributed by atoms with Gasteiger partial charge in [0.25, 0.3) is 5.91 Å². The molecule has 1 fully saturated rings. The van der Waals surface area contributed by atoms with Gasteiger partial charge in [-0.15, -0.1) is 6.58 Å². The number of carbonyl (C=O) groups excluding carboxylic acids is 1. The molecule has 0 saturated carbocycles. The van der Waals surface area contributed by atoms with E-state index in [1.54, 1.807) is 0 Å². The monoisotopic (exact) mass is 379 g/mol. The number of rotatable bonds is 6. The molecule has 0 spiro atoms. The second-order valence-corrected chi connectivity index (χ2v) is 7.77. The Morgan fingerprint density at radius 3 is 2.79 bits per heavy atom. The van der Waals surface area contributed by atoms with Crippen molar-refractivity contribution in [2.45, 2.75) is 57.7 Å². The summed E-state index contributed by atoms with van der Waals surface area (Å²) in [5.41, 5.74) is 4.24. The van der Waals surface area contributed by atoms with Crippen molar-refractivity contribution in [2.75, 3.05) is 13.1 Å². The summed E-state index contributed by atoms with van der Waals surface area (Å²) in [6.07, 6.45) is 11.8. The Hall–Kier alpha value is -2.47. The lowest BCUT2D eigenvalue weighted by molar-refractivity contribution is 0.0716. The Balaban J connectivity index is 1.52. The van der Waals surface area contributed by atoms with E-state index in [9.17, 15) is 4.79 Å². The number of likely N-dealkylation sites (tertiary alicyclic amines) is 1. The summed E-state index contributed by atoms with van der Waals surface area (Å²) in [6.45, 7) is 7.03. The van der Waals surface area contributed by atoms with Gasteiger partial charge in [0.2, 0.25) is 0 Å². The molecule has 1 aliphatic carbocycles. The number of fused-ring (bicyclic) bond motifs is 1. The molecule has 6 nitrogen and oxygen atoms in total. The molecular formula is C22H29N5O. The largest absolute Gasteiger partial charge is 0.337 e. The molecule has 2 aromatic heterocycles. The minimum absolute atomic E-state index is 0.105. The highest BCUT2D eigenvalue weighted by Gasteiger charge is 2.31. The fourth-order valence-electron chi connectivity index (χ4n) is 4.32. The Morgan fingerprint density at radius 1 is 1.25 bits per heavy atom. The summed E-state index contributed by atoms with van der Waals surface area (Å²) in [5, 5.41) is 8.38. The smallest absolute Gasteiger partial charge is 0.274 e. The van der Waals surface area contributed by atoms with Crippen LogP contribution in [0.2, 0.25) is 0 Å². The van der Waals surface area contributed by atoms with Crippen LogP contribution in [0.25, 0.3) is 0 Å². The summed E-state index contributed by atoms with van der Waals surface area (Å²) in [7, 11) is 0. The standard InChI is InChI=1S/C22H29N5O/c1-2-12-27-20-7-6-18(24-16-17-8-10-23-11-9-17)15-19(20)21(25-27)22(28)26-13-4-3-5-14-26/h2,8-11,18,24H,1,3-7,12-16H2. The predicted octanol–water partition coefficient (Wildman–Crippen LogP) is 2.74. The number of nitrogens with one attached hydrogen (secondary N) is 1. The van der Waals surface area contributed by atoms with Crippen molar-refractivity contribution in [3.63, 3.8) is 0 Å². The Morgan fingerprint density at radius 2 is 2.04 bits per heavy atom. The molecule has 1 N–H and O–H groups in total. The lowest BCUT2D eigenvalue weighted by atomic mass is 9.90. The van der Waals surface area contributed by atoms with Crippen molar-refractivity contribution in [2.24, 2.45) is 0 Å². The molecule has 4 rings (SSSR count). The van der Waals surface area contributed by atoms with Crippen LogP contribution in [-0.4, -0.2) is 44.7 Å². The van der Waals surface area contributed by atoms with E-state index in [1.165, 1.54) is 17.7 Å². The third-order valence-electron chi connectivity index (χ3n) is 5.84. The highest BCUT2D eigenvalue weighted by Crippen LogP contribution is 2.27. The van der Waals surface area contributed by atoms with Gasteiger partial charge in [-0.2, -0.15) is 5.10 Å². The van der Waals surface area contributed by atoms with Crippen LogP contribution < -0.4 is 5.32 Å². The molecule has 28 heavy (non-hydrogen) atoms. The maximum Gasteiger partial charge on any atom is 0.274 e. The van der Waals surface area contributed by atoms with Crippen LogP contribution in [0.1, 0.15) is 53.0 Å². The van der Waals surface area contributed by atoms with Crippen LogP contribution in [-0.2, 0) is 25.9 Å². The van der Waals surface area contributed by atoms with Crippen molar-refractivity contribution < 1.29 is 4.79 Å². The van der Waals surface area contributed by atoms with E-state index in [-0.39, 0.29) is 5.91 Å². The van der Waals surface area contributed by atoms with Crippen LogP contribution in [0, 0.1) is 0 Å². The molecule has 1 amide bonds. The third kappa shape index (κ3) is 4.02. The number of pyridine rings is 1. The fourth-order valence-corrected chi connectivity index (χ4v) is 4.32. The lowest BCUT2D eigenvalue weighted by Gasteiger charge is -2.27. The molecular weight excluding hydrogens is 350 g/mol. The second kappa shape index (κ2) is 8.69. The molecule has 1 atom stereocenters. The minimum Gasteiger partial charge on any atom is -0.337 e. The number of allylic oxidation sites excluding steroid dienone is 1. The van der Waals surface area contributed by atoms with Gasteiger partial charge in [0.15, 0.2) is 5.69 Å². The number of hydrogen-bond donors (Lipinski definition) is 1. The van der Waals surface area contributed by atoms with E-state index >= 15 is 0 Å². The maximum atomic E-state index is 13.2. The van der Waals surface area contributed by atoms with Gasteiger partial charge >= 0.3 is 0 Å². The molecule has 1 unspecified atom stereocenters. The summed E-state index contributed by atoms with van der Waals surface area (Å²) in [5.74, 6) is 0.105. The van der Waals surface area contributed by atoms with Gasteiger partial charge in [0, 0.05) is 49.3 Å². The molecule has 0 radical (unpaired) electrons. The van der Waals surface area contributed by atoms with Crippen molar-refractivity contribution in [1.82, 2.24) is 25.0 Å². The summed E-state index contributed by atoms with van der Waals surface area (Å²) < 4.78 is 1.98. The average Bonchev–Trinajstić information content (AvgIpc) is 3.11. The van der Waals surface area contributed by atoms with Crippen molar-refractivity contribution in [3.8, 4) is 0 Å². The Bertz CT molecular complexity index is 823. The van der Waals surface area contributed by atoms with E-state index in [0.717, 1.165) is 57.3 Å². The lowest BCUT2D eigenvalue weighted by Crippen LogP contribution is -2.38. The van der Waals surface area contributed by atoms with E-state index in [1.807, 2.05) is 40.2 Å².